The van der Waals surface area contributed by atoms with Crippen LogP contribution in [0.3, 0.4) is 0 Å². The summed E-state index contributed by atoms with van der Waals surface area (Å²) in [7, 11) is 0. The van der Waals surface area contributed by atoms with Crippen LogP contribution in [-0.4, -0.2) is 41.3 Å². The Morgan fingerprint density at radius 2 is 1.93 bits per heavy atom. The number of hydrogen-bond acceptors (Lipinski definition) is 5. The predicted octanol–water partition coefficient (Wildman–Crippen LogP) is 4.28. The first-order valence-corrected chi connectivity index (χ1v) is 10.7. The van der Waals surface area contributed by atoms with Crippen LogP contribution in [0.1, 0.15) is 34.5 Å². The number of carbonyl (C=O) groups excluding carboxylic acids is 2. The molecule has 6 nitrogen and oxygen atoms in total. The van der Waals surface area contributed by atoms with Crippen LogP contribution in [-0.2, 0) is 4.79 Å². The molecule has 1 saturated heterocycles. The van der Waals surface area contributed by atoms with E-state index in [9.17, 15) is 9.59 Å². The minimum absolute atomic E-state index is 0.0181. The topological polar surface area (TPSA) is 74.3 Å². The average Bonchev–Trinajstić information content (AvgIpc) is 3.16. The Balaban J connectivity index is 1.43. The Kier molecular flexibility index (Phi) is 5.87. The molecule has 0 aliphatic carbocycles. The molecule has 2 amide bonds. The van der Waals surface area contributed by atoms with Crippen LogP contribution in [0.2, 0.25) is 0 Å². The third kappa shape index (κ3) is 4.81. The third-order valence-corrected chi connectivity index (χ3v) is 6.22. The van der Waals surface area contributed by atoms with Gasteiger partial charge in [0.15, 0.2) is 0 Å². The highest BCUT2D eigenvalue weighted by Crippen LogP contribution is 2.26. The van der Waals surface area contributed by atoms with Crippen LogP contribution in [0.15, 0.2) is 42.7 Å². The van der Waals surface area contributed by atoms with E-state index in [-0.39, 0.29) is 11.8 Å². The number of likely N-dealkylation sites (tertiary alicyclic amines) is 1. The number of nitrogens with zero attached hydrogens (tertiary/aromatic N) is 2. The molecule has 29 heavy (non-hydrogen) atoms. The van der Waals surface area contributed by atoms with Gasteiger partial charge in [0.1, 0.15) is 0 Å². The van der Waals surface area contributed by atoms with Gasteiger partial charge in [-0.25, -0.2) is 0 Å². The number of aromatic nitrogens is 1. The number of pyridine rings is 1. The number of carbonyl (C=O) groups is 2. The highest BCUT2D eigenvalue weighted by atomic mass is 32.1. The van der Waals surface area contributed by atoms with Crippen molar-refractivity contribution in [2.24, 2.45) is 0 Å². The lowest BCUT2D eigenvalue weighted by atomic mass is 10.1. The van der Waals surface area contributed by atoms with Gasteiger partial charge in [-0.05, 0) is 68.1 Å². The van der Waals surface area contributed by atoms with E-state index < -0.39 is 0 Å². The van der Waals surface area contributed by atoms with Gasteiger partial charge in [0, 0.05) is 23.8 Å². The Morgan fingerprint density at radius 3 is 2.72 bits per heavy atom. The summed E-state index contributed by atoms with van der Waals surface area (Å²) in [6, 6.07) is 9.33. The molecule has 3 aromatic rings. The highest BCUT2D eigenvalue weighted by Gasteiger charge is 2.15. The van der Waals surface area contributed by atoms with E-state index in [1.54, 1.807) is 12.4 Å². The third-order valence-electron chi connectivity index (χ3n) is 5.13. The molecule has 0 unspecified atom stereocenters. The number of rotatable bonds is 5. The normalized spacial score (nSPS) is 14.7. The molecule has 1 fully saturated rings. The summed E-state index contributed by atoms with van der Waals surface area (Å²) in [4.78, 5) is 32.0. The smallest absolute Gasteiger partial charge is 0.265 e. The van der Waals surface area contributed by atoms with Crippen molar-refractivity contribution in [3.8, 4) is 0 Å². The lowest BCUT2D eigenvalue weighted by Gasteiger charge is -2.25. The number of aryl methyl sites for hydroxylation is 1. The number of anilines is 2. The van der Waals surface area contributed by atoms with Gasteiger partial charge in [-0.2, -0.15) is 0 Å². The second kappa shape index (κ2) is 8.71. The molecule has 0 bridgehead atoms. The fourth-order valence-electron chi connectivity index (χ4n) is 3.53. The van der Waals surface area contributed by atoms with Gasteiger partial charge >= 0.3 is 0 Å². The van der Waals surface area contributed by atoms with Crippen molar-refractivity contribution in [1.29, 1.82) is 0 Å². The molecule has 4 rings (SSSR count). The van der Waals surface area contributed by atoms with E-state index in [1.807, 2.05) is 37.3 Å². The zero-order chi connectivity index (χ0) is 20.2. The Hall–Kier alpha value is -2.77. The maximum atomic E-state index is 12.6. The standard InChI is InChI=1S/C22H24N4O2S/c1-15-5-6-17(12-18(15)25-21(27)14-26-9-3-2-4-10-26)24-22(28)19-11-16-7-8-23-13-20(16)29-19/h5-8,11-13H,2-4,9-10,14H2,1H3,(H,24,28)(H,25,27). The fourth-order valence-corrected chi connectivity index (χ4v) is 4.46. The molecule has 1 aromatic carbocycles. The van der Waals surface area contributed by atoms with Gasteiger partial charge in [-0.1, -0.05) is 12.5 Å². The van der Waals surface area contributed by atoms with Gasteiger partial charge < -0.3 is 10.6 Å². The van der Waals surface area contributed by atoms with Crippen molar-refractivity contribution in [1.82, 2.24) is 9.88 Å². The first-order chi connectivity index (χ1) is 14.1. The molecule has 3 heterocycles. The molecular weight excluding hydrogens is 384 g/mol. The van der Waals surface area contributed by atoms with E-state index in [2.05, 4.69) is 20.5 Å². The van der Waals surface area contributed by atoms with Crippen LogP contribution in [0.5, 0.6) is 0 Å². The van der Waals surface area contributed by atoms with Crippen LogP contribution >= 0.6 is 11.3 Å². The molecule has 150 valence electrons. The zero-order valence-corrected chi connectivity index (χ0v) is 17.2. The number of amides is 2. The van der Waals surface area contributed by atoms with Crippen molar-refractivity contribution < 1.29 is 9.59 Å². The van der Waals surface area contributed by atoms with E-state index in [0.717, 1.165) is 47.3 Å². The minimum atomic E-state index is -0.166. The van der Waals surface area contributed by atoms with E-state index in [1.165, 1.54) is 17.8 Å². The van der Waals surface area contributed by atoms with E-state index in [0.29, 0.717) is 17.1 Å². The maximum absolute atomic E-state index is 12.6. The monoisotopic (exact) mass is 408 g/mol. The Morgan fingerprint density at radius 1 is 1.10 bits per heavy atom. The van der Waals surface area contributed by atoms with Crippen molar-refractivity contribution in [2.45, 2.75) is 26.2 Å². The van der Waals surface area contributed by atoms with Gasteiger partial charge in [-0.15, -0.1) is 11.3 Å². The highest BCUT2D eigenvalue weighted by molar-refractivity contribution is 7.20. The molecule has 0 saturated carbocycles. The van der Waals surface area contributed by atoms with Crippen LogP contribution < -0.4 is 10.6 Å². The van der Waals surface area contributed by atoms with Gasteiger partial charge in [0.05, 0.1) is 16.1 Å². The van der Waals surface area contributed by atoms with Gasteiger partial charge in [0.2, 0.25) is 5.91 Å². The number of nitrogens with one attached hydrogen (secondary N) is 2. The quantitative estimate of drug-likeness (QED) is 0.661. The average molecular weight is 409 g/mol. The van der Waals surface area contributed by atoms with Crippen molar-refractivity contribution >= 4 is 44.6 Å². The van der Waals surface area contributed by atoms with Crippen molar-refractivity contribution in [3.63, 3.8) is 0 Å². The summed E-state index contributed by atoms with van der Waals surface area (Å²) in [5, 5.41) is 6.93. The van der Waals surface area contributed by atoms with Crippen molar-refractivity contribution in [3.05, 3.63) is 53.2 Å². The molecule has 2 N–H and O–H groups in total. The number of fused-ring (bicyclic) bond motifs is 1. The number of benzene rings is 1. The largest absolute Gasteiger partial charge is 0.325 e. The SMILES string of the molecule is Cc1ccc(NC(=O)c2cc3ccncc3s2)cc1NC(=O)CN1CCCCC1. The van der Waals surface area contributed by atoms with Crippen molar-refractivity contribution in [2.75, 3.05) is 30.3 Å². The Labute approximate surface area is 173 Å². The number of piperidine rings is 1. The predicted molar refractivity (Wildman–Crippen MR) is 118 cm³/mol. The summed E-state index contributed by atoms with van der Waals surface area (Å²) in [5.74, 6) is -0.184. The summed E-state index contributed by atoms with van der Waals surface area (Å²) >= 11 is 1.41. The summed E-state index contributed by atoms with van der Waals surface area (Å²) in [5.41, 5.74) is 2.35. The lowest BCUT2D eigenvalue weighted by Crippen LogP contribution is -2.36. The molecule has 0 radical (unpaired) electrons. The first-order valence-electron chi connectivity index (χ1n) is 9.86. The number of thiophene rings is 1. The maximum Gasteiger partial charge on any atom is 0.265 e. The molecule has 0 atom stereocenters. The molecule has 1 aliphatic rings. The molecule has 0 spiro atoms. The molecule has 7 heteroatoms. The van der Waals surface area contributed by atoms with Gasteiger partial charge in [0.25, 0.3) is 5.91 Å². The zero-order valence-electron chi connectivity index (χ0n) is 16.4. The lowest BCUT2D eigenvalue weighted by molar-refractivity contribution is -0.117. The molecule has 2 aromatic heterocycles. The Bertz CT molecular complexity index is 1010. The minimum Gasteiger partial charge on any atom is -0.325 e. The second-order valence-corrected chi connectivity index (χ2v) is 8.48. The van der Waals surface area contributed by atoms with E-state index >= 15 is 0 Å². The summed E-state index contributed by atoms with van der Waals surface area (Å²) in [6.45, 7) is 4.31. The fraction of sp³-hybridized carbons (Fsp3) is 0.318. The van der Waals surface area contributed by atoms with Crippen LogP contribution in [0, 0.1) is 6.92 Å². The second-order valence-electron chi connectivity index (χ2n) is 7.39. The van der Waals surface area contributed by atoms with Gasteiger partial charge in [-0.3, -0.25) is 19.5 Å². The first kappa shape index (κ1) is 19.5. The molecular formula is C22H24N4O2S. The molecule has 1 aliphatic heterocycles. The summed E-state index contributed by atoms with van der Waals surface area (Å²) < 4.78 is 0.979. The number of hydrogen-bond donors (Lipinski definition) is 2. The van der Waals surface area contributed by atoms with E-state index in [4.69, 9.17) is 0 Å². The summed E-state index contributed by atoms with van der Waals surface area (Å²) in [6.07, 6.45) is 7.03. The van der Waals surface area contributed by atoms with Crippen LogP contribution in [0.4, 0.5) is 11.4 Å². The van der Waals surface area contributed by atoms with Crippen LogP contribution in [0.25, 0.3) is 10.1 Å².